The number of hydrogen-bond donors (Lipinski definition) is 2. The van der Waals surface area contributed by atoms with E-state index < -0.39 is 5.97 Å². The summed E-state index contributed by atoms with van der Waals surface area (Å²) in [6.07, 6.45) is 4.63. The number of carboxylic acid groups (broad SMARTS) is 1. The average Bonchev–Trinajstić information content (AvgIpc) is 3.07. The van der Waals surface area contributed by atoms with E-state index in [0.29, 0.717) is 10.3 Å². The third-order valence-corrected chi connectivity index (χ3v) is 4.38. The van der Waals surface area contributed by atoms with Gasteiger partial charge in [-0.25, -0.2) is 4.79 Å². The van der Waals surface area contributed by atoms with Crippen molar-refractivity contribution in [3.63, 3.8) is 0 Å². The fraction of sp³-hybridized carbons (Fsp3) is 0.417. The lowest BCUT2D eigenvalue weighted by atomic mass is 10.2. The highest BCUT2D eigenvalue weighted by molar-refractivity contribution is 8.00. The summed E-state index contributed by atoms with van der Waals surface area (Å²) in [6, 6.07) is 6.96. The Balaban J connectivity index is 1.99. The molecule has 0 radical (unpaired) electrons. The van der Waals surface area contributed by atoms with Crippen molar-refractivity contribution in [2.24, 2.45) is 0 Å². The Morgan fingerprint density at radius 2 is 2.31 bits per heavy atom. The molecule has 0 aliphatic heterocycles. The summed E-state index contributed by atoms with van der Waals surface area (Å²) in [5, 5.41) is 12.2. The third kappa shape index (κ3) is 2.50. The number of thioether (sulfide) groups is 1. The van der Waals surface area contributed by atoms with E-state index in [1.165, 1.54) is 12.8 Å². The molecule has 1 saturated carbocycles. The Kier molecular flexibility index (Phi) is 3.10. The zero-order valence-corrected chi connectivity index (χ0v) is 10.0. The molecule has 1 aliphatic rings. The predicted molar refractivity (Wildman–Crippen MR) is 67.4 cm³/mol. The van der Waals surface area contributed by atoms with Crippen molar-refractivity contribution in [1.82, 2.24) is 0 Å². The van der Waals surface area contributed by atoms with Gasteiger partial charge >= 0.3 is 5.97 Å². The molecule has 0 spiro atoms. The molecule has 1 aromatic carbocycles. The van der Waals surface area contributed by atoms with Crippen LogP contribution in [0.5, 0.6) is 0 Å². The van der Waals surface area contributed by atoms with Gasteiger partial charge in [0.2, 0.25) is 0 Å². The molecule has 0 amide bonds. The molecule has 2 rings (SSSR count). The van der Waals surface area contributed by atoms with E-state index in [4.69, 9.17) is 5.11 Å². The van der Waals surface area contributed by atoms with Crippen molar-refractivity contribution >= 4 is 23.4 Å². The highest BCUT2D eigenvalue weighted by atomic mass is 32.2. The van der Waals surface area contributed by atoms with Crippen molar-refractivity contribution in [2.45, 2.75) is 17.6 Å². The van der Waals surface area contributed by atoms with Crippen molar-refractivity contribution in [1.29, 1.82) is 0 Å². The van der Waals surface area contributed by atoms with Crippen LogP contribution in [0.4, 0.5) is 5.69 Å². The minimum atomic E-state index is -0.880. The summed E-state index contributed by atoms with van der Waals surface area (Å²) in [5.74, 6) is -0.880. The van der Waals surface area contributed by atoms with Gasteiger partial charge in [-0.15, -0.1) is 0 Å². The summed E-state index contributed by atoms with van der Waals surface area (Å²) < 4.78 is 0.388. The van der Waals surface area contributed by atoms with Gasteiger partial charge in [-0.2, -0.15) is 11.8 Å². The summed E-state index contributed by atoms with van der Waals surface area (Å²) in [4.78, 5) is 10.8. The van der Waals surface area contributed by atoms with E-state index in [2.05, 4.69) is 11.6 Å². The van der Waals surface area contributed by atoms with Crippen LogP contribution < -0.4 is 5.32 Å². The second-order valence-electron chi connectivity index (χ2n) is 4.13. The van der Waals surface area contributed by atoms with Crippen molar-refractivity contribution < 1.29 is 9.90 Å². The zero-order valence-electron chi connectivity index (χ0n) is 9.19. The van der Waals surface area contributed by atoms with Gasteiger partial charge in [0, 0.05) is 17.0 Å². The average molecular weight is 237 g/mol. The molecule has 3 nitrogen and oxygen atoms in total. The second kappa shape index (κ2) is 4.37. The van der Waals surface area contributed by atoms with Crippen LogP contribution in [0, 0.1) is 0 Å². The largest absolute Gasteiger partial charge is 0.478 e. The molecule has 1 aliphatic carbocycles. The first-order chi connectivity index (χ1) is 7.65. The van der Waals surface area contributed by atoms with E-state index in [1.807, 2.05) is 17.8 Å². The van der Waals surface area contributed by atoms with Gasteiger partial charge in [0.15, 0.2) is 0 Å². The van der Waals surface area contributed by atoms with E-state index in [-0.39, 0.29) is 0 Å². The van der Waals surface area contributed by atoms with Crippen LogP contribution in [0.25, 0.3) is 0 Å². The monoisotopic (exact) mass is 237 g/mol. The van der Waals surface area contributed by atoms with Crippen molar-refractivity contribution in [2.75, 3.05) is 18.1 Å². The van der Waals surface area contributed by atoms with Crippen LogP contribution in [-0.2, 0) is 0 Å². The van der Waals surface area contributed by atoms with Crippen LogP contribution in [0.2, 0.25) is 0 Å². The number of carbonyl (C=O) groups is 1. The SMILES string of the molecule is CSC1(CNc2cccc(C(=O)O)c2)CC1. The van der Waals surface area contributed by atoms with Gasteiger partial charge in [0.25, 0.3) is 0 Å². The highest BCUT2D eigenvalue weighted by Gasteiger charge is 2.41. The van der Waals surface area contributed by atoms with E-state index in [9.17, 15) is 4.79 Å². The maximum absolute atomic E-state index is 10.8. The Hall–Kier alpha value is -1.16. The molecule has 86 valence electrons. The fourth-order valence-electron chi connectivity index (χ4n) is 1.62. The maximum atomic E-state index is 10.8. The molecule has 0 heterocycles. The lowest BCUT2D eigenvalue weighted by Gasteiger charge is -2.14. The van der Waals surface area contributed by atoms with Crippen LogP contribution in [0.15, 0.2) is 24.3 Å². The molecule has 2 N–H and O–H groups in total. The van der Waals surface area contributed by atoms with E-state index in [0.717, 1.165) is 12.2 Å². The van der Waals surface area contributed by atoms with Crippen LogP contribution in [0.3, 0.4) is 0 Å². The first-order valence-corrected chi connectivity index (χ1v) is 6.50. The number of hydrogen-bond acceptors (Lipinski definition) is 3. The lowest BCUT2D eigenvalue weighted by Crippen LogP contribution is -2.17. The van der Waals surface area contributed by atoms with Gasteiger partial charge in [0.05, 0.1) is 5.56 Å². The molecule has 1 aromatic rings. The topological polar surface area (TPSA) is 49.3 Å². The number of rotatable bonds is 5. The van der Waals surface area contributed by atoms with Gasteiger partial charge in [-0.3, -0.25) is 0 Å². The number of benzene rings is 1. The van der Waals surface area contributed by atoms with Crippen LogP contribution >= 0.6 is 11.8 Å². The number of anilines is 1. The molecule has 1 fully saturated rings. The molecule has 0 aromatic heterocycles. The molecule has 0 bridgehead atoms. The summed E-state index contributed by atoms with van der Waals surface area (Å²) in [6.45, 7) is 0.914. The third-order valence-electron chi connectivity index (χ3n) is 2.96. The van der Waals surface area contributed by atoms with Gasteiger partial charge in [0.1, 0.15) is 0 Å². The molecular weight excluding hydrogens is 222 g/mol. The smallest absolute Gasteiger partial charge is 0.335 e. The zero-order chi connectivity index (χ0) is 11.6. The Labute approximate surface area is 99.2 Å². The standard InChI is InChI=1S/C12H15NO2S/c1-16-12(5-6-12)8-13-10-4-2-3-9(7-10)11(14)15/h2-4,7,13H,5-6,8H2,1H3,(H,14,15). The second-order valence-corrected chi connectivity index (χ2v) is 5.40. The van der Waals surface area contributed by atoms with Crippen LogP contribution in [0.1, 0.15) is 23.2 Å². The van der Waals surface area contributed by atoms with E-state index >= 15 is 0 Å². The Morgan fingerprint density at radius 1 is 1.56 bits per heavy atom. The highest BCUT2D eigenvalue weighted by Crippen LogP contribution is 2.47. The Bertz CT molecular complexity index is 402. The van der Waals surface area contributed by atoms with Gasteiger partial charge in [-0.1, -0.05) is 6.07 Å². The van der Waals surface area contributed by atoms with Crippen molar-refractivity contribution in [3.8, 4) is 0 Å². The lowest BCUT2D eigenvalue weighted by molar-refractivity contribution is 0.0697. The fourth-order valence-corrected chi connectivity index (χ4v) is 2.34. The van der Waals surface area contributed by atoms with Crippen molar-refractivity contribution in [3.05, 3.63) is 29.8 Å². The summed E-state index contributed by atoms with van der Waals surface area (Å²) in [7, 11) is 0. The first-order valence-electron chi connectivity index (χ1n) is 5.28. The molecule has 0 atom stereocenters. The molecule has 0 saturated heterocycles. The normalized spacial score (nSPS) is 16.8. The minimum Gasteiger partial charge on any atom is -0.478 e. The van der Waals surface area contributed by atoms with Gasteiger partial charge in [-0.05, 0) is 37.3 Å². The first kappa shape index (κ1) is 11.3. The van der Waals surface area contributed by atoms with Crippen LogP contribution in [-0.4, -0.2) is 28.6 Å². The van der Waals surface area contributed by atoms with Gasteiger partial charge < -0.3 is 10.4 Å². The molecule has 4 heteroatoms. The molecular formula is C12H15NO2S. The Morgan fingerprint density at radius 3 is 2.88 bits per heavy atom. The predicted octanol–water partition coefficient (Wildman–Crippen LogP) is 2.69. The summed E-state index contributed by atoms with van der Waals surface area (Å²) in [5.41, 5.74) is 1.22. The maximum Gasteiger partial charge on any atom is 0.335 e. The number of nitrogens with one attached hydrogen (secondary N) is 1. The summed E-state index contributed by atoms with van der Waals surface area (Å²) >= 11 is 1.89. The minimum absolute atomic E-state index is 0.332. The van der Waals surface area contributed by atoms with E-state index in [1.54, 1.807) is 18.2 Å². The number of aromatic carboxylic acids is 1. The number of carboxylic acids is 1. The molecule has 0 unspecified atom stereocenters. The molecule has 16 heavy (non-hydrogen) atoms. The quantitative estimate of drug-likeness (QED) is 0.826.